The summed E-state index contributed by atoms with van der Waals surface area (Å²) in [4.78, 5) is 0. The van der Waals surface area contributed by atoms with Crippen LogP contribution in [-0.2, 0) is 10.5 Å². The maximum atomic E-state index is 5.71. The minimum Gasteiger partial charge on any atom is -0.377 e. The van der Waals surface area contributed by atoms with Crippen LogP contribution in [0.25, 0.3) is 0 Å². The maximum Gasteiger partial charge on any atom is 0.0665 e. The van der Waals surface area contributed by atoms with Crippen LogP contribution in [0.15, 0.2) is 24.3 Å². The molecular formula is C14H20OS. The van der Waals surface area contributed by atoms with E-state index in [9.17, 15) is 0 Å². The summed E-state index contributed by atoms with van der Waals surface area (Å²) >= 11 is 1.99. The second-order valence-electron chi connectivity index (χ2n) is 4.49. The fourth-order valence-corrected chi connectivity index (χ4v) is 3.00. The highest BCUT2D eigenvalue weighted by atomic mass is 32.2. The molecule has 1 aromatic carbocycles. The van der Waals surface area contributed by atoms with E-state index in [2.05, 4.69) is 31.2 Å². The minimum atomic E-state index is 0.504. The van der Waals surface area contributed by atoms with Gasteiger partial charge in [0.2, 0.25) is 0 Å². The summed E-state index contributed by atoms with van der Waals surface area (Å²) in [5.41, 5.74) is 2.76. The van der Waals surface area contributed by atoms with Crippen molar-refractivity contribution in [1.29, 1.82) is 0 Å². The Morgan fingerprint density at radius 2 is 2.06 bits per heavy atom. The predicted octanol–water partition coefficient (Wildman–Crippen LogP) is 3.80. The van der Waals surface area contributed by atoms with Crippen LogP contribution in [0.2, 0.25) is 0 Å². The number of rotatable bonds is 4. The molecule has 0 radical (unpaired) electrons. The fraction of sp³-hybridized carbons (Fsp3) is 0.571. The van der Waals surface area contributed by atoms with Crippen molar-refractivity contribution in [2.45, 2.75) is 38.0 Å². The molecule has 0 bridgehead atoms. The Balaban J connectivity index is 1.69. The molecule has 0 amide bonds. The van der Waals surface area contributed by atoms with Crippen LogP contribution in [0.3, 0.4) is 0 Å². The number of benzene rings is 1. The molecule has 1 fully saturated rings. The van der Waals surface area contributed by atoms with Gasteiger partial charge in [-0.2, -0.15) is 11.8 Å². The van der Waals surface area contributed by atoms with Gasteiger partial charge in [0, 0.05) is 18.1 Å². The largest absolute Gasteiger partial charge is 0.377 e. The van der Waals surface area contributed by atoms with Crippen molar-refractivity contribution < 1.29 is 4.74 Å². The van der Waals surface area contributed by atoms with Gasteiger partial charge in [-0.25, -0.2) is 0 Å². The van der Waals surface area contributed by atoms with Gasteiger partial charge in [0.25, 0.3) is 0 Å². The standard InChI is InChI=1S/C14H20OS/c1-12-5-7-13(8-6-12)10-16-11-14-4-2-3-9-15-14/h5-8,14H,2-4,9-11H2,1H3. The summed E-state index contributed by atoms with van der Waals surface area (Å²) in [6.07, 6.45) is 4.35. The summed E-state index contributed by atoms with van der Waals surface area (Å²) in [5, 5.41) is 0. The van der Waals surface area contributed by atoms with E-state index in [1.54, 1.807) is 0 Å². The van der Waals surface area contributed by atoms with E-state index < -0.39 is 0 Å². The molecule has 0 saturated carbocycles. The molecule has 1 unspecified atom stereocenters. The van der Waals surface area contributed by atoms with Gasteiger partial charge in [0.1, 0.15) is 0 Å². The number of hydrogen-bond acceptors (Lipinski definition) is 2. The van der Waals surface area contributed by atoms with E-state index in [0.717, 1.165) is 18.1 Å². The molecule has 1 nitrogen and oxygen atoms in total. The van der Waals surface area contributed by atoms with Crippen molar-refractivity contribution in [3.63, 3.8) is 0 Å². The van der Waals surface area contributed by atoms with Crippen LogP contribution in [0, 0.1) is 6.92 Å². The first-order chi connectivity index (χ1) is 7.84. The monoisotopic (exact) mass is 236 g/mol. The molecule has 0 spiro atoms. The number of aryl methyl sites for hydroxylation is 1. The zero-order valence-electron chi connectivity index (χ0n) is 9.95. The van der Waals surface area contributed by atoms with Gasteiger partial charge in [-0.3, -0.25) is 0 Å². The summed E-state index contributed by atoms with van der Waals surface area (Å²) in [7, 11) is 0. The second kappa shape index (κ2) is 6.31. The lowest BCUT2D eigenvalue weighted by atomic mass is 10.1. The predicted molar refractivity (Wildman–Crippen MR) is 70.9 cm³/mol. The third-order valence-corrected chi connectivity index (χ3v) is 4.11. The molecule has 0 aliphatic carbocycles. The number of hydrogen-bond donors (Lipinski definition) is 0. The normalized spacial score (nSPS) is 20.9. The second-order valence-corrected chi connectivity index (χ2v) is 5.52. The van der Waals surface area contributed by atoms with E-state index in [1.165, 1.54) is 30.4 Å². The van der Waals surface area contributed by atoms with Crippen molar-refractivity contribution in [2.75, 3.05) is 12.4 Å². The lowest BCUT2D eigenvalue weighted by Crippen LogP contribution is -2.21. The van der Waals surface area contributed by atoms with E-state index in [-0.39, 0.29) is 0 Å². The van der Waals surface area contributed by atoms with Gasteiger partial charge >= 0.3 is 0 Å². The quantitative estimate of drug-likeness (QED) is 0.786. The molecule has 1 atom stereocenters. The topological polar surface area (TPSA) is 9.23 Å². The molecule has 1 aromatic rings. The van der Waals surface area contributed by atoms with Gasteiger partial charge < -0.3 is 4.74 Å². The van der Waals surface area contributed by atoms with E-state index >= 15 is 0 Å². The maximum absolute atomic E-state index is 5.71. The Kier molecular flexibility index (Phi) is 4.73. The average Bonchev–Trinajstić information content (AvgIpc) is 2.33. The Morgan fingerprint density at radius 3 is 2.75 bits per heavy atom. The molecule has 1 aliphatic rings. The van der Waals surface area contributed by atoms with Crippen LogP contribution >= 0.6 is 11.8 Å². The molecular weight excluding hydrogens is 216 g/mol. The van der Waals surface area contributed by atoms with E-state index in [1.807, 2.05) is 11.8 Å². The van der Waals surface area contributed by atoms with Crippen molar-refractivity contribution in [1.82, 2.24) is 0 Å². The first-order valence-electron chi connectivity index (χ1n) is 6.09. The smallest absolute Gasteiger partial charge is 0.0665 e. The minimum absolute atomic E-state index is 0.504. The highest BCUT2D eigenvalue weighted by molar-refractivity contribution is 7.98. The number of ether oxygens (including phenoxy) is 1. The third-order valence-electron chi connectivity index (χ3n) is 2.97. The lowest BCUT2D eigenvalue weighted by Gasteiger charge is -2.22. The van der Waals surface area contributed by atoms with Crippen molar-refractivity contribution in [2.24, 2.45) is 0 Å². The van der Waals surface area contributed by atoms with Gasteiger partial charge in [0.15, 0.2) is 0 Å². The molecule has 16 heavy (non-hydrogen) atoms. The molecule has 0 aromatic heterocycles. The zero-order chi connectivity index (χ0) is 11.2. The summed E-state index contributed by atoms with van der Waals surface area (Å²) in [6.45, 7) is 3.10. The fourth-order valence-electron chi connectivity index (χ4n) is 1.93. The van der Waals surface area contributed by atoms with Crippen molar-refractivity contribution in [3.8, 4) is 0 Å². The molecule has 1 aliphatic heterocycles. The van der Waals surface area contributed by atoms with Crippen LogP contribution < -0.4 is 0 Å². The SMILES string of the molecule is Cc1ccc(CSCC2CCCCO2)cc1. The molecule has 2 rings (SSSR count). The summed E-state index contributed by atoms with van der Waals surface area (Å²) in [5.74, 6) is 2.26. The Hall–Kier alpha value is -0.470. The molecule has 1 heterocycles. The lowest BCUT2D eigenvalue weighted by molar-refractivity contribution is 0.0315. The van der Waals surface area contributed by atoms with Gasteiger partial charge in [-0.05, 0) is 31.7 Å². The van der Waals surface area contributed by atoms with Gasteiger partial charge in [-0.15, -0.1) is 0 Å². The van der Waals surface area contributed by atoms with Crippen molar-refractivity contribution in [3.05, 3.63) is 35.4 Å². The van der Waals surface area contributed by atoms with Crippen LogP contribution in [0.5, 0.6) is 0 Å². The Labute approximate surface area is 103 Å². The van der Waals surface area contributed by atoms with E-state index in [4.69, 9.17) is 4.74 Å². The third kappa shape index (κ3) is 3.84. The molecule has 88 valence electrons. The first-order valence-corrected chi connectivity index (χ1v) is 7.25. The Morgan fingerprint density at radius 1 is 1.25 bits per heavy atom. The van der Waals surface area contributed by atoms with Gasteiger partial charge in [0.05, 0.1) is 6.10 Å². The summed E-state index contributed by atoms with van der Waals surface area (Å²) < 4.78 is 5.71. The van der Waals surface area contributed by atoms with Crippen LogP contribution in [0.1, 0.15) is 30.4 Å². The first kappa shape index (κ1) is 12.0. The number of thioether (sulfide) groups is 1. The summed E-state index contributed by atoms with van der Waals surface area (Å²) in [6, 6.07) is 8.83. The average molecular weight is 236 g/mol. The Bertz CT molecular complexity index is 301. The van der Waals surface area contributed by atoms with Crippen LogP contribution in [-0.4, -0.2) is 18.5 Å². The molecule has 1 saturated heterocycles. The van der Waals surface area contributed by atoms with Crippen molar-refractivity contribution >= 4 is 11.8 Å². The van der Waals surface area contributed by atoms with Crippen LogP contribution in [0.4, 0.5) is 0 Å². The highest BCUT2D eigenvalue weighted by Crippen LogP contribution is 2.20. The van der Waals surface area contributed by atoms with E-state index in [0.29, 0.717) is 6.10 Å². The zero-order valence-corrected chi connectivity index (χ0v) is 10.8. The van der Waals surface area contributed by atoms with Gasteiger partial charge in [-0.1, -0.05) is 29.8 Å². The molecule has 0 N–H and O–H groups in total. The molecule has 2 heteroatoms. The highest BCUT2D eigenvalue weighted by Gasteiger charge is 2.13.